The first kappa shape index (κ1) is 21.4. The van der Waals surface area contributed by atoms with Crippen LogP contribution in [0.4, 0.5) is 4.79 Å². The van der Waals surface area contributed by atoms with Gasteiger partial charge in [0.15, 0.2) is 11.5 Å². The lowest BCUT2D eigenvalue weighted by molar-refractivity contribution is 0.185. The number of methoxy groups -OCH3 is 2. The Hall–Kier alpha value is -2.80. The number of carbonyl (C=O) groups is 1. The first-order valence-corrected chi connectivity index (χ1v) is 11.5. The topological polar surface area (TPSA) is 63.7 Å². The second-order valence-electron chi connectivity index (χ2n) is 8.16. The fraction of sp³-hybridized carbons (Fsp3) is 0.417. The Balaban J connectivity index is 1.55. The van der Waals surface area contributed by atoms with Gasteiger partial charge >= 0.3 is 6.03 Å². The zero-order valence-electron chi connectivity index (χ0n) is 18.4. The number of hydrogen-bond acceptors (Lipinski definition) is 5. The summed E-state index contributed by atoms with van der Waals surface area (Å²) in [6.07, 6.45) is 1.92. The summed E-state index contributed by atoms with van der Waals surface area (Å²) in [5, 5.41) is 4.28. The number of aromatic nitrogens is 1. The Morgan fingerprint density at radius 1 is 1.16 bits per heavy atom. The highest BCUT2D eigenvalue weighted by molar-refractivity contribution is 7.18. The molecule has 0 radical (unpaired) electrons. The number of thiazole rings is 1. The molecule has 2 aromatic carbocycles. The molecule has 4 rings (SSSR count). The average Bonchev–Trinajstić information content (AvgIpc) is 3.43. The number of ether oxygens (including phenoxy) is 2. The van der Waals surface area contributed by atoms with E-state index >= 15 is 0 Å². The van der Waals surface area contributed by atoms with E-state index < -0.39 is 0 Å². The van der Waals surface area contributed by atoms with Gasteiger partial charge in [0, 0.05) is 6.54 Å². The molecular weight excluding hydrogens is 410 g/mol. The quantitative estimate of drug-likeness (QED) is 0.546. The van der Waals surface area contributed by atoms with Crippen molar-refractivity contribution in [3.63, 3.8) is 0 Å². The van der Waals surface area contributed by atoms with Crippen molar-refractivity contribution in [1.82, 2.24) is 15.2 Å². The van der Waals surface area contributed by atoms with Crippen LogP contribution in [0.1, 0.15) is 49.3 Å². The van der Waals surface area contributed by atoms with Gasteiger partial charge in [-0.2, -0.15) is 0 Å². The largest absolute Gasteiger partial charge is 0.493 e. The molecule has 0 unspecified atom stereocenters. The molecule has 0 spiro atoms. The van der Waals surface area contributed by atoms with Gasteiger partial charge in [-0.3, -0.25) is 0 Å². The second-order valence-corrected chi connectivity index (χ2v) is 9.22. The van der Waals surface area contributed by atoms with E-state index in [4.69, 9.17) is 14.5 Å². The minimum Gasteiger partial charge on any atom is -0.493 e. The summed E-state index contributed by atoms with van der Waals surface area (Å²) < 4.78 is 12.0. The molecule has 1 saturated heterocycles. The fourth-order valence-electron chi connectivity index (χ4n) is 4.20. The van der Waals surface area contributed by atoms with Crippen LogP contribution in [0.5, 0.6) is 11.5 Å². The number of carbonyl (C=O) groups excluding carboxylic acids is 1. The molecule has 0 saturated carbocycles. The summed E-state index contributed by atoms with van der Waals surface area (Å²) >= 11 is 1.68. The van der Waals surface area contributed by atoms with E-state index in [2.05, 4.69) is 25.2 Å². The van der Waals surface area contributed by atoms with Gasteiger partial charge in [-0.1, -0.05) is 32.0 Å². The highest BCUT2D eigenvalue weighted by atomic mass is 32.1. The van der Waals surface area contributed by atoms with Crippen LogP contribution < -0.4 is 14.8 Å². The number of amides is 2. The monoisotopic (exact) mass is 439 g/mol. The summed E-state index contributed by atoms with van der Waals surface area (Å²) in [6.45, 7) is 4.95. The van der Waals surface area contributed by atoms with Gasteiger partial charge in [-0.25, -0.2) is 9.78 Å². The van der Waals surface area contributed by atoms with Crippen molar-refractivity contribution >= 4 is 27.6 Å². The molecule has 3 aromatic rings. The van der Waals surface area contributed by atoms with Crippen molar-refractivity contribution in [3.05, 3.63) is 53.0 Å². The third-order valence-corrected chi connectivity index (χ3v) is 6.96. The molecule has 0 aliphatic carbocycles. The Kier molecular flexibility index (Phi) is 6.32. The number of nitrogens with zero attached hydrogens (tertiary/aromatic N) is 2. The number of likely N-dealkylation sites (tertiary alicyclic amines) is 1. The molecule has 2 amide bonds. The predicted octanol–water partition coefficient (Wildman–Crippen LogP) is 5.56. The lowest BCUT2D eigenvalue weighted by atomic mass is 9.95. The third kappa shape index (κ3) is 4.32. The number of benzene rings is 2. The molecule has 1 aliphatic rings. The van der Waals surface area contributed by atoms with Crippen molar-refractivity contribution in [2.75, 3.05) is 20.8 Å². The molecule has 0 bridgehead atoms. The minimum absolute atomic E-state index is 0.0237. The Labute approximate surface area is 187 Å². The molecule has 6 nitrogen and oxygen atoms in total. The van der Waals surface area contributed by atoms with Gasteiger partial charge in [-0.15, -0.1) is 11.3 Å². The summed E-state index contributed by atoms with van der Waals surface area (Å²) in [6, 6.07) is 13.8. The van der Waals surface area contributed by atoms with Gasteiger partial charge in [-0.05, 0) is 48.6 Å². The second kappa shape index (κ2) is 9.14. The van der Waals surface area contributed by atoms with Crippen LogP contribution in [0.15, 0.2) is 42.5 Å². The standard InChI is InChI=1S/C24H29N3O3S/c1-15(2)22(16-11-12-19(29-3)20(14-16)30-4)26-24(28)27-13-7-9-18(27)23-25-17-8-5-6-10-21(17)31-23/h5-6,8,10-12,14-15,18,22H,7,9,13H2,1-4H3,(H,26,28)/t18-,22+/m0/s1. The SMILES string of the molecule is COc1ccc([C@H](NC(=O)N2CCC[C@H]2c2nc3ccccc3s2)C(C)C)cc1OC. The van der Waals surface area contributed by atoms with Crippen LogP contribution in [0.3, 0.4) is 0 Å². The Bertz CT molecular complexity index is 1030. The average molecular weight is 440 g/mol. The van der Waals surface area contributed by atoms with E-state index in [1.807, 2.05) is 41.3 Å². The highest BCUT2D eigenvalue weighted by Crippen LogP contribution is 2.37. The Morgan fingerprint density at radius 2 is 1.94 bits per heavy atom. The van der Waals surface area contributed by atoms with Crippen LogP contribution in [0.2, 0.25) is 0 Å². The van der Waals surface area contributed by atoms with Crippen LogP contribution in [0.25, 0.3) is 10.2 Å². The fourth-order valence-corrected chi connectivity index (χ4v) is 5.31. The highest BCUT2D eigenvalue weighted by Gasteiger charge is 2.34. The van der Waals surface area contributed by atoms with Gasteiger partial charge in [0.2, 0.25) is 0 Å². The van der Waals surface area contributed by atoms with E-state index in [1.54, 1.807) is 25.6 Å². The maximum atomic E-state index is 13.3. The molecule has 31 heavy (non-hydrogen) atoms. The molecule has 1 aromatic heterocycles. The molecule has 1 aliphatic heterocycles. The van der Waals surface area contributed by atoms with Crippen molar-refractivity contribution in [1.29, 1.82) is 0 Å². The van der Waals surface area contributed by atoms with E-state index in [9.17, 15) is 4.79 Å². The van der Waals surface area contributed by atoms with Crippen molar-refractivity contribution in [3.8, 4) is 11.5 Å². The van der Waals surface area contributed by atoms with Crippen LogP contribution in [0, 0.1) is 5.92 Å². The first-order chi connectivity index (χ1) is 15.0. The van der Waals surface area contributed by atoms with Crippen LogP contribution in [-0.2, 0) is 0 Å². The lowest BCUT2D eigenvalue weighted by Crippen LogP contribution is -2.42. The van der Waals surface area contributed by atoms with Crippen molar-refractivity contribution < 1.29 is 14.3 Å². The van der Waals surface area contributed by atoms with Gasteiger partial charge in [0.05, 0.1) is 36.5 Å². The summed E-state index contributed by atoms with van der Waals surface area (Å²) in [4.78, 5) is 20.1. The van der Waals surface area contributed by atoms with E-state index in [0.29, 0.717) is 11.5 Å². The zero-order chi connectivity index (χ0) is 22.0. The smallest absolute Gasteiger partial charge is 0.318 e. The van der Waals surface area contributed by atoms with Crippen molar-refractivity contribution in [2.45, 2.75) is 38.8 Å². The van der Waals surface area contributed by atoms with Gasteiger partial charge in [0.25, 0.3) is 0 Å². The van der Waals surface area contributed by atoms with E-state index in [-0.39, 0.29) is 24.0 Å². The number of nitrogens with one attached hydrogen (secondary N) is 1. The maximum Gasteiger partial charge on any atom is 0.318 e. The normalized spacial score (nSPS) is 17.2. The molecule has 2 atom stereocenters. The van der Waals surface area contributed by atoms with Crippen LogP contribution >= 0.6 is 11.3 Å². The lowest BCUT2D eigenvalue weighted by Gasteiger charge is -2.29. The molecule has 1 N–H and O–H groups in total. The summed E-state index contributed by atoms with van der Waals surface area (Å²) in [5.41, 5.74) is 2.00. The minimum atomic E-state index is -0.135. The number of para-hydroxylation sites is 1. The third-order valence-electron chi connectivity index (χ3n) is 5.82. The molecule has 7 heteroatoms. The number of rotatable bonds is 6. The Morgan fingerprint density at radius 3 is 2.65 bits per heavy atom. The predicted molar refractivity (Wildman–Crippen MR) is 124 cm³/mol. The number of urea groups is 1. The van der Waals surface area contributed by atoms with E-state index in [0.717, 1.165) is 40.2 Å². The number of fused-ring (bicyclic) bond motifs is 1. The molecule has 164 valence electrons. The maximum absolute atomic E-state index is 13.3. The first-order valence-electron chi connectivity index (χ1n) is 10.7. The van der Waals surface area contributed by atoms with Gasteiger partial charge < -0.3 is 19.7 Å². The van der Waals surface area contributed by atoms with E-state index in [1.165, 1.54) is 0 Å². The summed E-state index contributed by atoms with van der Waals surface area (Å²) in [7, 11) is 3.24. The van der Waals surface area contributed by atoms with Crippen molar-refractivity contribution in [2.24, 2.45) is 5.92 Å². The molecular formula is C24H29N3O3S. The summed E-state index contributed by atoms with van der Waals surface area (Å²) in [5.74, 6) is 1.55. The number of hydrogen-bond donors (Lipinski definition) is 1. The van der Waals surface area contributed by atoms with Crippen LogP contribution in [-0.4, -0.2) is 36.7 Å². The van der Waals surface area contributed by atoms with Gasteiger partial charge in [0.1, 0.15) is 5.01 Å². The molecule has 2 heterocycles. The zero-order valence-corrected chi connectivity index (χ0v) is 19.2. The molecule has 1 fully saturated rings.